The second kappa shape index (κ2) is 7.66. The van der Waals surface area contributed by atoms with Crippen LogP contribution in [0.1, 0.15) is 21.7 Å². The summed E-state index contributed by atoms with van der Waals surface area (Å²) in [5, 5.41) is 6.93. The number of aromatic nitrogens is 3. The Balaban J connectivity index is 1.58. The topological polar surface area (TPSA) is 77.8 Å². The molecule has 0 bridgehead atoms. The summed E-state index contributed by atoms with van der Waals surface area (Å²) in [6.07, 6.45) is -4.74. The van der Waals surface area contributed by atoms with Gasteiger partial charge in [-0.05, 0) is 48.9 Å². The van der Waals surface area contributed by atoms with Crippen LogP contribution in [0.15, 0.2) is 48.5 Å². The van der Waals surface area contributed by atoms with Crippen molar-refractivity contribution in [3.63, 3.8) is 0 Å². The molecule has 1 N–H and O–H groups in total. The van der Waals surface area contributed by atoms with Crippen LogP contribution in [0.5, 0.6) is 11.5 Å². The normalized spacial score (nSPS) is 12.9. The van der Waals surface area contributed by atoms with E-state index in [0.717, 1.165) is 6.07 Å². The summed E-state index contributed by atoms with van der Waals surface area (Å²) < 4.78 is 52.7. The number of hydrogen-bond donors (Lipinski definition) is 1. The van der Waals surface area contributed by atoms with Crippen molar-refractivity contribution in [2.75, 3.05) is 12.1 Å². The second-order valence-electron chi connectivity index (χ2n) is 7.26. The Morgan fingerprint density at radius 2 is 1.91 bits per heavy atom. The van der Waals surface area contributed by atoms with E-state index in [1.807, 2.05) is 0 Å². The van der Waals surface area contributed by atoms with Crippen molar-refractivity contribution >= 4 is 28.8 Å². The first kappa shape index (κ1) is 21.1. The molecule has 7 nitrogen and oxygen atoms in total. The van der Waals surface area contributed by atoms with Crippen molar-refractivity contribution in [1.29, 1.82) is 0 Å². The van der Waals surface area contributed by atoms with Gasteiger partial charge in [0.05, 0.1) is 5.69 Å². The fourth-order valence-electron chi connectivity index (χ4n) is 3.42. The zero-order chi connectivity index (χ0) is 23.3. The highest BCUT2D eigenvalue weighted by Crippen LogP contribution is 2.37. The third-order valence-corrected chi connectivity index (χ3v) is 5.54. The molecule has 0 unspecified atom stereocenters. The number of ether oxygens (including phenoxy) is 2. The SMILES string of the molecule is Cc1c(Cl)cccc1NC(=O)c1cc2nc(-c3ccc4c(c3)OCO4)cc(C(F)(F)F)n2n1. The van der Waals surface area contributed by atoms with Gasteiger partial charge in [0.15, 0.2) is 28.5 Å². The zero-order valence-electron chi connectivity index (χ0n) is 16.9. The number of fused-ring (bicyclic) bond motifs is 2. The molecule has 1 aliphatic rings. The molecule has 3 heterocycles. The monoisotopic (exact) mass is 474 g/mol. The molecule has 0 aliphatic carbocycles. The van der Waals surface area contributed by atoms with Crippen LogP contribution in [-0.2, 0) is 6.18 Å². The summed E-state index contributed by atoms with van der Waals surface area (Å²) in [7, 11) is 0. The number of carbonyl (C=O) groups is 1. The van der Waals surface area contributed by atoms with Crippen LogP contribution >= 0.6 is 11.6 Å². The summed E-state index contributed by atoms with van der Waals surface area (Å²) in [5.41, 5.74) is 0.0589. The number of nitrogens with zero attached hydrogens (tertiary/aromatic N) is 3. The molecule has 2 aromatic heterocycles. The van der Waals surface area contributed by atoms with Crippen LogP contribution in [0.4, 0.5) is 18.9 Å². The summed E-state index contributed by atoms with van der Waals surface area (Å²) in [4.78, 5) is 17.0. The van der Waals surface area contributed by atoms with Gasteiger partial charge in [0.2, 0.25) is 6.79 Å². The standard InChI is InChI=1S/C22H14ClF3N4O3/c1-11-13(23)3-2-4-14(11)28-21(31)16-9-20-27-15(8-19(22(24,25)26)30(20)29-16)12-5-6-17-18(7-12)33-10-32-17/h2-9H,10H2,1H3,(H,28,31). The van der Waals surface area contributed by atoms with Crippen LogP contribution in [-0.4, -0.2) is 27.3 Å². The molecule has 0 saturated heterocycles. The summed E-state index contributed by atoms with van der Waals surface area (Å²) >= 11 is 6.07. The highest BCUT2D eigenvalue weighted by molar-refractivity contribution is 6.31. The number of benzene rings is 2. The minimum atomic E-state index is -4.74. The first-order valence-electron chi connectivity index (χ1n) is 9.65. The highest BCUT2D eigenvalue weighted by Gasteiger charge is 2.36. The van der Waals surface area contributed by atoms with Crippen LogP contribution in [0.3, 0.4) is 0 Å². The molecule has 0 spiro atoms. The number of amides is 1. The number of carbonyl (C=O) groups excluding carboxylic acids is 1. The van der Waals surface area contributed by atoms with E-state index in [0.29, 0.717) is 37.9 Å². The van der Waals surface area contributed by atoms with Crippen LogP contribution in [0.25, 0.3) is 16.9 Å². The molecule has 0 radical (unpaired) electrons. The molecule has 11 heteroatoms. The third kappa shape index (κ3) is 3.82. The van der Waals surface area contributed by atoms with Gasteiger partial charge < -0.3 is 14.8 Å². The lowest BCUT2D eigenvalue weighted by Crippen LogP contribution is -2.16. The summed E-state index contributed by atoms with van der Waals surface area (Å²) in [6, 6.07) is 11.7. The fourth-order valence-corrected chi connectivity index (χ4v) is 3.59. The van der Waals surface area contributed by atoms with Gasteiger partial charge >= 0.3 is 6.18 Å². The minimum Gasteiger partial charge on any atom is -0.454 e. The van der Waals surface area contributed by atoms with Crippen molar-refractivity contribution in [1.82, 2.24) is 14.6 Å². The van der Waals surface area contributed by atoms with Crippen LogP contribution in [0.2, 0.25) is 5.02 Å². The van der Waals surface area contributed by atoms with E-state index in [2.05, 4.69) is 15.4 Å². The number of hydrogen-bond acceptors (Lipinski definition) is 5. The summed E-state index contributed by atoms with van der Waals surface area (Å²) in [6.45, 7) is 1.74. The Bertz CT molecular complexity index is 1420. The molecular weight excluding hydrogens is 461 g/mol. The Morgan fingerprint density at radius 1 is 1.12 bits per heavy atom. The van der Waals surface area contributed by atoms with Gasteiger partial charge in [-0.1, -0.05) is 17.7 Å². The number of halogens is 4. The Labute approximate surface area is 189 Å². The van der Waals surface area contributed by atoms with Crippen molar-refractivity contribution in [3.8, 4) is 22.8 Å². The molecule has 168 valence electrons. The van der Waals surface area contributed by atoms with Gasteiger partial charge in [-0.3, -0.25) is 4.79 Å². The van der Waals surface area contributed by atoms with Crippen molar-refractivity contribution in [3.05, 3.63) is 70.5 Å². The van der Waals surface area contributed by atoms with Crippen molar-refractivity contribution in [2.45, 2.75) is 13.1 Å². The van der Waals surface area contributed by atoms with E-state index >= 15 is 0 Å². The maximum Gasteiger partial charge on any atom is 0.433 e. The number of alkyl halides is 3. The first-order valence-corrected chi connectivity index (χ1v) is 10.0. The Kier molecular flexibility index (Phi) is 4.89. The number of rotatable bonds is 3. The lowest BCUT2D eigenvalue weighted by molar-refractivity contribution is -0.142. The number of anilines is 1. The van der Waals surface area contributed by atoms with E-state index in [9.17, 15) is 18.0 Å². The molecule has 0 atom stereocenters. The fraction of sp³-hybridized carbons (Fsp3) is 0.136. The molecule has 1 amide bonds. The quantitative estimate of drug-likeness (QED) is 0.432. The highest BCUT2D eigenvalue weighted by atomic mass is 35.5. The summed E-state index contributed by atoms with van der Waals surface area (Å²) in [5.74, 6) is 0.215. The first-order chi connectivity index (χ1) is 15.7. The lowest BCUT2D eigenvalue weighted by Gasteiger charge is -2.11. The van der Waals surface area contributed by atoms with Gasteiger partial charge in [-0.25, -0.2) is 9.50 Å². The molecule has 33 heavy (non-hydrogen) atoms. The smallest absolute Gasteiger partial charge is 0.433 e. The van der Waals surface area contributed by atoms with Gasteiger partial charge in [0, 0.05) is 22.3 Å². The number of nitrogens with one attached hydrogen (secondary N) is 1. The van der Waals surface area contributed by atoms with Crippen LogP contribution < -0.4 is 14.8 Å². The predicted molar refractivity (Wildman–Crippen MR) is 114 cm³/mol. The molecule has 1 aliphatic heterocycles. The molecule has 4 aromatic rings. The lowest BCUT2D eigenvalue weighted by atomic mass is 10.1. The average molecular weight is 475 g/mol. The maximum atomic E-state index is 13.8. The molecule has 0 fully saturated rings. The van der Waals surface area contributed by atoms with Crippen molar-refractivity contribution < 1.29 is 27.4 Å². The van der Waals surface area contributed by atoms with Gasteiger partial charge in [0.1, 0.15) is 0 Å². The van der Waals surface area contributed by atoms with E-state index in [1.54, 1.807) is 43.3 Å². The average Bonchev–Trinajstić information content (AvgIpc) is 3.41. The largest absolute Gasteiger partial charge is 0.454 e. The maximum absolute atomic E-state index is 13.8. The van der Waals surface area contributed by atoms with Gasteiger partial charge in [-0.15, -0.1) is 0 Å². The molecular formula is C22H14ClF3N4O3. The van der Waals surface area contributed by atoms with Crippen molar-refractivity contribution in [2.24, 2.45) is 0 Å². The van der Waals surface area contributed by atoms with E-state index in [4.69, 9.17) is 21.1 Å². The Morgan fingerprint density at radius 3 is 2.70 bits per heavy atom. The van der Waals surface area contributed by atoms with Gasteiger partial charge in [0.25, 0.3) is 5.91 Å². The van der Waals surface area contributed by atoms with E-state index in [1.165, 1.54) is 6.07 Å². The third-order valence-electron chi connectivity index (χ3n) is 5.13. The molecule has 2 aromatic carbocycles. The van der Waals surface area contributed by atoms with E-state index in [-0.39, 0.29) is 23.8 Å². The van der Waals surface area contributed by atoms with Gasteiger partial charge in [-0.2, -0.15) is 18.3 Å². The molecule has 0 saturated carbocycles. The van der Waals surface area contributed by atoms with E-state index < -0.39 is 17.8 Å². The second-order valence-corrected chi connectivity index (χ2v) is 7.67. The Hall–Kier alpha value is -3.79. The zero-order valence-corrected chi connectivity index (χ0v) is 17.7. The minimum absolute atomic E-state index is 0.0340. The van der Waals surface area contributed by atoms with Crippen LogP contribution in [0, 0.1) is 6.92 Å². The molecule has 5 rings (SSSR count). The predicted octanol–water partition coefficient (Wildman–Crippen LogP) is 5.36.